The molecule has 4 nitrogen and oxygen atoms in total. The summed E-state index contributed by atoms with van der Waals surface area (Å²) in [4.78, 5) is 14.0. The van der Waals surface area contributed by atoms with Crippen molar-refractivity contribution in [3.8, 4) is 0 Å². The number of hydrogen-bond donors (Lipinski definition) is 2. The lowest BCUT2D eigenvalue weighted by Crippen LogP contribution is -2.44. The molecule has 0 spiro atoms. The quantitative estimate of drug-likeness (QED) is 0.679. The Labute approximate surface area is 99.6 Å². The number of carbonyl (C=O) groups excluding carboxylic acids is 1. The SMILES string of the molecule is CCC(C)N(C)CCNC(=O)C(C)(C)CN. The van der Waals surface area contributed by atoms with Gasteiger partial charge in [0, 0.05) is 25.7 Å². The molecule has 0 saturated carbocycles. The Bertz CT molecular complexity index is 216. The zero-order valence-corrected chi connectivity index (χ0v) is 11.3. The van der Waals surface area contributed by atoms with Crippen LogP contribution in [-0.4, -0.2) is 43.5 Å². The van der Waals surface area contributed by atoms with E-state index in [1.54, 1.807) is 0 Å². The van der Waals surface area contributed by atoms with E-state index in [1.165, 1.54) is 0 Å². The van der Waals surface area contributed by atoms with E-state index in [9.17, 15) is 4.79 Å². The summed E-state index contributed by atoms with van der Waals surface area (Å²) in [5.41, 5.74) is 5.07. The number of nitrogens with two attached hydrogens (primary N) is 1. The Hall–Kier alpha value is -0.610. The van der Waals surface area contributed by atoms with Gasteiger partial charge >= 0.3 is 0 Å². The Morgan fingerprint density at radius 1 is 1.50 bits per heavy atom. The molecular weight excluding hydrogens is 202 g/mol. The molecule has 1 unspecified atom stereocenters. The van der Waals surface area contributed by atoms with Gasteiger partial charge in [0.05, 0.1) is 5.41 Å². The molecule has 0 radical (unpaired) electrons. The van der Waals surface area contributed by atoms with Crippen LogP contribution in [0.4, 0.5) is 0 Å². The van der Waals surface area contributed by atoms with Gasteiger partial charge in [-0.15, -0.1) is 0 Å². The van der Waals surface area contributed by atoms with Gasteiger partial charge in [-0.2, -0.15) is 0 Å². The number of rotatable bonds is 7. The predicted molar refractivity (Wildman–Crippen MR) is 68.2 cm³/mol. The van der Waals surface area contributed by atoms with Crippen molar-refractivity contribution in [1.82, 2.24) is 10.2 Å². The summed E-state index contributed by atoms with van der Waals surface area (Å²) in [5.74, 6) is 0.0348. The summed E-state index contributed by atoms with van der Waals surface area (Å²) < 4.78 is 0. The molecule has 0 bridgehead atoms. The number of likely N-dealkylation sites (N-methyl/N-ethyl adjacent to an activating group) is 1. The molecule has 0 aromatic rings. The van der Waals surface area contributed by atoms with Crippen LogP contribution in [0.15, 0.2) is 0 Å². The molecule has 0 rings (SSSR count). The van der Waals surface area contributed by atoms with Crippen LogP contribution in [0, 0.1) is 5.41 Å². The van der Waals surface area contributed by atoms with Gasteiger partial charge in [-0.1, -0.05) is 6.92 Å². The fourth-order valence-electron chi connectivity index (χ4n) is 1.21. The van der Waals surface area contributed by atoms with E-state index in [0.29, 0.717) is 19.1 Å². The van der Waals surface area contributed by atoms with Crippen LogP contribution in [0.1, 0.15) is 34.1 Å². The Kier molecular flexibility index (Phi) is 6.60. The van der Waals surface area contributed by atoms with Crippen molar-refractivity contribution in [3.05, 3.63) is 0 Å². The second kappa shape index (κ2) is 6.86. The summed E-state index contributed by atoms with van der Waals surface area (Å²) in [6, 6.07) is 0.555. The first-order valence-electron chi connectivity index (χ1n) is 6.03. The van der Waals surface area contributed by atoms with Crippen LogP contribution in [0.2, 0.25) is 0 Å². The molecule has 96 valence electrons. The first-order valence-corrected chi connectivity index (χ1v) is 6.03. The normalized spacial score (nSPS) is 13.9. The number of nitrogens with one attached hydrogen (secondary N) is 1. The molecule has 0 aliphatic heterocycles. The zero-order valence-electron chi connectivity index (χ0n) is 11.3. The lowest BCUT2D eigenvalue weighted by atomic mass is 9.93. The van der Waals surface area contributed by atoms with Crippen LogP contribution in [0.3, 0.4) is 0 Å². The molecule has 1 atom stereocenters. The van der Waals surface area contributed by atoms with Crippen LogP contribution in [-0.2, 0) is 4.79 Å². The molecule has 4 heteroatoms. The van der Waals surface area contributed by atoms with E-state index in [1.807, 2.05) is 13.8 Å². The molecule has 0 aromatic heterocycles. The first kappa shape index (κ1) is 15.4. The standard InChI is InChI=1S/C12H27N3O/c1-6-10(2)15(5)8-7-14-11(16)12(3,4)9-13/h10H,6-9,13H2,1-5H3,(H,14,16). The third-order valence-corrected chi connectivity index (χ3v) is 3.22. The molecule has 0 fully saturated rings. The van der Waals surface area contributed by atoms with Gasteiger partial charge in [0.25, 0.3) is 0 Å². The van der Waals surface area contributed by atoms with E-state index < -0.39 is 5.41 Å². The van der Waals surface area contributed by atoms with Crippen molar-refractivity contribution in [1.29, 1.82) is 0 Å². The Morgan fingerprint density at radius 3 is 2.50 bits per heavy atom. The van der Waals surface area contributed by atoms with Crippen molar-refractivity contribution >= 4 is 5.91 Å². The Morgan fingerprint density at radius 2 is 2.06 bits per heavy atom. The average molecular weight is 229 g/mol. The highest BCUT2D eigenvalue weighted by Crippen LogP contribution is 2.11. The van der Waals surface area contributed by atoms with Crippen molar-refractivity contribution in [2.45, 2.75) is 40.2 Å². The van der Waals surface area contributed by atoms with Crippen molar-refractivity contribution in [2.24, 2.45) is 11.1 Å². The van der Waals surface area contributed by atoms with E-state index in [0.717, 1.165) is 13.0 Å². The molecule has 3 N–H and O–H groups in total. The third kappa shape index (κ3) is 4.94. The van der Waals surface area contributed by atoms with Crippen molar-refractivity contribution in [2.75, 3.05) is 26.7 Å². The van der Waals surface area contributed by atoms with Gasteiger partial charge in [-0.05, 0) is 34.2 Å². The molecule has 16 heavy (non-hydrogen) atoms. The second-order valence-corrected chi connectivity index (χ2v) is 5.08. The summed E-state index contributed by atoms with van der Waals surface area (Å²) >= 11 is 0. The molecular formula is C12H27N3O. The van der Waals surface area contributed by atoms with E-state index >= 15 is 0 Å². The summed E-state index contributed by atoms with van der Waals surface area (Å²) in [6.45, 7) is 10.0. The van der Waals surface area contributed by atoms with E-state index in [-0.39, 0.29) is 5.91 Å². The molecule has 0 aliphatic rings. The lowest BCUT2D eigenvalue weighted by molar-refractivity contribution is -0.128. The largest absolute Gasteiger partial charge is 0.354 e. The van der Waals surface area contributed by atoms with Crippen LogP contribution in [0.25, 0.3) is 0 Å². The number of hydrogen-bond acceptors (Lipinski definition) is 3. The minimum atomic E-state index is -0.463. The zero-order chi connectivity index (χ0) is 12.8. The van der Waals surface area contributed by atoms with Crippen molar-refractivity contribution < 1.29 is 4.79 Å². The first-order chi connectivity index (χ1) is 7.35. The van der Waals surface area contributed by atoms with Crippen LogP contribution in [0.5, 0.6) is 0 Å². The number of nitrogens with zero attached hydrogens (tertiary/aromatic N) is 1. The third-order valence-electron chi connectivity index (χ3n) is 3.22. The highest BCUT2D eigenvalue weighted by molar-refractivity contribution is 5.81. The molecule has 1 amide bonds. The molecule has 0 saturated heterocycles. The highest BCUT2D eigenvalue weighted by atomic mass is 16.2. The summed E-state index contributed by atoms with van der Waals surface area (Å²) in [6.07, 6.45) is 1.12. The summed E-state index contributed by atoms with van der Waals surface area (Å²) in [5, 5.41) is 2.92. The smallest absolute Gasteiger partial charge is 0.226 e. The second-order valence-electron chi connectivity index (χ2n) is 5.08. The van der Waals surface area contributed by atoms with Gasteiger partial charge in [-0.25, -0.2) is 0 Å². The monoisotopic (exact) mass is 229 g/mol. The minimum Gasteiger partial charge on any atom is -0.354 e. The van der Waals surface area contributed by atoms with E-state index in [2.05, 4.69) is 31.1 Å². The van der Waals surface area contributed by atoms with Crippen LogP contribution < -0.4 is 11.1 Å². The van der Waals surface area contributed by atoms with Gasteiger partial charge < -0.3 is 16.0 Å². The molecule has 0 aliphatic carbocycles. The van der Waals surface area contributed by atoms with Crippen LogP contribution >= 0.6 is 0 Å². The number of amides is 1. The predicted octanol–water partition coefficient (Wildman–Crippen LogP) is 0.818. The minimum absolute atomic E-state index is 0.0348. The fourth-order valence-corrected chi connectivity index (χ4v) is 1.21. The summed E-state index contributed by atoms with van der Waals surface area (Å²) in [7, 11) is 2.08. The maximum Gasteiger partial charge on any atom is 0.226 e. The molecule has 0 aromatic carbocycles. The van der Waals surface area contributed by atoms with Gasteiger partial charge in [-0.3, -0.25) is 4.79 Å². The van der Waals surface area contributed by atoms with Gasteiger partial charge in [0.2, 0.25) is 5.91 Å². The van der Waals surface area contributed by atoms with E-state index in [4.69, 9.17) is 5.73 Å². The van der Waals surface area contributed by atoms with Gasteiger partial charge in [0.15, 0.2) is 0 Å². The molecule has 0 heterocycles. The maximum atomic E-state index is 11.7. The fraction of sp³-hybridized carbons (Fsp3) is 0.917. The lowest BCUT2D eigenvalue weighted by Gasteiger charge is -2.25. The Balaban J connectivity index is 3.87. The highest BCUT2D eigenvalue weighted by Gasteiger charge is 2.25. The van der Waals surface area contributed by atoms with Gasteiger partial charge in [0.1, 0.15) is 0 Å². The maximum absolute atomic E-state index is 11.7. The average Bonchev–Trinajstić information content (AvgIpc) is 2.27. The van der Waals surface area contributed by atoms with Crippen molar-refractivity contribution in [3.63, 3.8) is 0 Å². The number of carbonyl (C=O) groups is 1. The topological polar surface area (TPSA) is 58.4 Å².